The lowest BCUT2D eigenvalue weighted by atomic mass is 10.1. The van der Waals surface area contributed by atoms with Crippen LogP contribution in [0.3, 0.4) is 0 Å². The molecule has 0 aliphatic heterocycles. The molecular formula is C25H26N2O. The van der Waals surface area contributed by atoms with Crippen molar-refractivity contribution in [2.45, 2.75) is 19.9 Å². The molecule has 3 heteroatoms. The number of anilines is 2. The van der Waals surface area contributed by atoms with Crippen molar-refractivity contribution in [1.29, 1.82) is 0 Å². The van der Waals surface area contributed by atoms with Gasteiger partial charge >= 0.3 is 0 Å². The zero-order chi connectivity index (χ0) is 19.8. The number of carbonyl (C=O) groups is 1. The van der Waals surface area contributed by atoms with E-state index in [1.54, 1.807) is 4.90 Å². The number of hydrogen-bond acceptors (Lipinski definition) is 2. The van der Waals surface area contributed by atoms with Crippen molar-refractivity contribution >= 4 is 23.4 Å². The Morgan fingerprint density at radius 1 is 0.929 bits per heavy atom. The van der Waals surface area contributed by atoms with Crippen LogP contribution in [-0.4, -0.2) is 18.5 Å². The lowest BCUT2D eigenvalue weighted by Gasteiger charge is -2.26. The first kappa shape index (κ1) is 19.4. The van der Waals surface area contributed by atoms with Crippen molar-refractivity contribution in [3.8, 4) is 0 Å². The molecule has 0 aromatic heterocycles. The Morgan fingerprint density at radius 2 is 1.54 bits per heavy atom. The van der Waals surface area contributed by atoms with Crippen LogP contribution >= 0.6 is 0 Å². The third-order valence-corrected chi connectivity index (χ3v) is 4.57. The number of rotatable bonds is 7. The first-order chi connectivity index (χ1) is 13.7. The van der Waals surface area contributed by atoms with E-state index in [4.69, 9.17) is 0 Å². The summed E-state index contributed by atoms with van der Waals surface area (Å²) in [5.41, 5.74) is 4.08. The van der Waals surface area contributed by atoms with E-state index in [1.807, 2.05) is 104 Å². The molecule has 1 atom stereocenters. The molecule has 3 rings (SSSR count). The largest absolute Gasteiger partial charge is 0.371 e. The van der Waals surface area contributed by atoms with E-state index in [0.29, 0.717) is 6.54 Å². The molecule has 0 fully saturated rings. The number of aryl methyl sites for hydroxylation is 1. The summed E-state index contributed by atoms with van der Waals surface area (Å²) < 4.78 is 0. The van der Waals surface area contributed by atoms with Crippen LogP contribution < -0.4 is 10.2 Å². The van der Waals surface area contributed by atoms with Crippen LogP contribution in [0.25, 0.3) is 6.08 Å². The molecule has 0 bridgehead atoms. The number of likely N-dealkylation sites (N-methyl/N-ethyl adjacent to an activating group) is 1. The van der Waals surface area contributed by atoms with Gasteiger partial charge in [0.15, 0.2) is 0 Å². The molecule has 142 valence electrons. The minimum Gasteiger partial charge on any atom is -0.371 e. The number of hydrogen-bond donors (Lipinski definition) is 1. The number of para-hydroxylation sites is 1. The van der Waals surface area contributed by atoms with E-state index in [0.717, 1.165) is 16.9 Å². The van der Waals surface area contributed by atoms with Crippen LogP contribution in [0, 0.1) is 6.92 Å². The van der Waals surface area contributed by atoms with Gasteiger partial charge in [0, 0.05) is 17.9 Å². The van der Waals surface area contributed by atoms with Crippen molar-refractivity contribution < 1.29 is 4.79 Å². The molecular weight excluding hydrogens is 344 g/mol. The second-order valence-corrected chi connectivity index (χ2v) is 6.68. The second-order valence-electron chi connectivity index (χ2n) is 6.68. The van der Waals surface area contributed by atoms with Crippen molar-refractivity contribution in [2.24, 2.45) is 0 Å². The van der Waals surface area contributed by atoms with Gasteiger partial charge in [-0.1, -0.05) is 78.4 Å². The molecule has 0 spiro atoms. The van der Waals surface area contributed by atoms with E-state index >= 15 is 0 Å². The fraction of sp³-hybridized carbons (Fsp3) is 0.160. The SMILES string of the molecule is CCN(C(=O)[C@H](/C=C/c1ccccc1)Nc1ccc(C)cc1)c1ccccc1. The molecule has 3 aromatic rings. The van der Waals surface area contributed by atoms with Gasteiger partial charge in [-0.15, -0.1) is 0 Å². The van der Waals surface area contributed by atoms with Crippen molar-refractivity contribution in [2.75, 3.05) is 16.8 Å². The Morgan fingerprint density at radius 3 is 2.14 bits per heavy atom. The van der Waals surface area contributed by atoms with Crippen molar-refractivity contribution in [1.82, 2.24) is 0 Å². The van der Waals surface area contributed by atoms with Gasteiger partial charge < -0.3 is 10.2 Å². The maximum atomic E-state index is 13.4. The summed E-state index contributed by atoms with van der Waals surface area (Å²) in [5, 5.41) is 3.38. The molecule has 0 saturated heterocycles. The van der Waals surface area contributed by atoms with Crippen LogP contribution in [0.5, 0.6) is 0 Å². The van der Waals surface area contributed by atoms with Gasteiger partial charge in [0.1, 0.15) is 6.04 Å². The fourth-order valence-corrected chi connectivity index (χ4v) is 3.03. The minimum atomic E-state index is -0.469. The first-order valence-electron chi connectivity index (χ1n) is 9.60. The maximum absolute atomic E-state index is 13.4. The van der Waals surface area contributed by atoms with Crippen molar-refractivity contribution in [3.05, 3.63) is 102 Å². The Kier molecular flexibility index (Phi) is 6.64. The molecule has 0 heterocycles. The summed E-state index contributed by atoms with van der Waals surface area (Å²) in [7, 11) is 0. The Balaban J connectivity index is 1.88. The van der Waals surface area contributed by atoms with E-state index in [-0.39, 0.29) is 5.91 Å². The molecule has 0 unspecified atom stereocenters. The standard InChI is InChI=1S/C25H26N2O/c1-3-27(23-12-8-5-9-13-23)25(28)24(19-16-21-10-6-4-7-11-21)26-22-17-14-20(2)15-18-22/h4-19,24,26H,3H2,1-2H3/b19-16+/t24-/m0/s1. The highest BCUT2D eigenvalue weighted by Gasteiger charge is 2.22. The average molecular weight is 370 g/mol. The summed E-state index contributed by atoms with van der Waals surface area (Å²) in [6.45, 7) is 4.65. The summed E-state index contributed by atoms with van der Waals surface area (Å²) in [6.07, 6.45) is 3.92. The molecule has 1 amide bonds. The third-order valence-electron chi connectivity index (χ3n) is 4.57. The predicted octanol–water partition coefficient (Wildman–Crippen LogP) is 5.54. The normalized spacial score (nSPS) is 11.9. The monoisotopic (exact) mass is 370 g/mol. The van der Waals surface area contributed by atoms with Gasteiger partial charge in [0.2, 0.25) is 0 Å². The lowest BCUT2D eigenvalue weighted by Crippen LogP contribution is -2.42. The number of nitrogens with zero attached hydrogens (tertiary/aromatic N) is 1. The van der Waals surface area contributed by atoms with Crippen molar-refractivity contribution in [3.63, 3.8) is 0 Å². The summed E-state index contributed by atoms with van der Waals surface area (Å²) in [5.74, 6) is 0.0152. The molecule has 3 nitrogen and oxygen atoms in total. The highest BCUT2D eigenvalue weighted by molar-refractivity contribution is 6.00. The number of amides is 1. The third kappa shape index (κ3) is 5.10. The summed E-state index contributed by atoms with van der Waals surface area (Å²) in [4.78, 5) is 15.2. The maximum Gasteiger partial charge on any atom is 0.253 e. The van der Waals surface area contributed by atoms with Gasteiger partial charge in [0.25, 0.3) is 5.91 Å². The molecule has 0 saturated carbocycles. The van der Waals surface area contributed by atoms with E-state index < -0.39 is 6.04 Å². The fourth-order valence-electron chi connectivity index (χ4n) is 3.03. The highest BCUT2D eigenvalue weighted by Crippen LogP contribution is 2.18. The van der Waals surface area contributed by atoms with Crippen LogP contribution in [-0.2, 0) is 4.79 Å². The van der Waals surface area contributed by atoms with Crippen LogP contribution in [0.4, 0.5) is 11.4 Å². The van der Waals surface area contributed by atoms with Gasteiger partial charge in [-0.2, -0.15) is 0 Å². The van der Waals surface area contributed by atoms with Crippen LogP contribution in [0.1, 0.15) is 18.1 Å². The summed E-state index contributed by atoms with van der Waals surface area (Å²) in [6, 6.07) is 27.4. The Hall–Kier alpha value is -3.33. The first-order valence-corrected chi connectivity index (χ1v) is 9.60. The molecule has 0 radical (unpaired) electrons. The summed E-state index contributed by atoms with van der Waals surface area (Å²) >= 11 is 0. The molecule has 0 aliphatic carbocycles. The van der Waals surface area contributed by atoms with Gasteiger partial charge in [-0.3, -0.25) is 4.79 Å². The van der Waals surface area contributed by atoms with E-state index in [1.165, 1.54) is 5.56 Å². The number of carbonyl (C=O) groups excluding carboxylic acids is 1. The van der Waals surface area contributed by atoms with Crippen LogP contribution in [0.2, 0.25) is 0 Å². The van der Waals surface area contributed by atoms with Gasteiger partial charge in [-0.05, 0) is 43.7 Å². The number of nitrogens with one attached hydrogen (secondary N) is 1. The molecule has 0 aliphatic rings. The Labute approximate surface area is 167 Å². The second kappa shape index (κ2) is 9.56. The zero-order valence-corrected chi connectivity index (χ0v) is 16.4. The minimum absolute atomic E-state index is 0.0152. The lowest BCUT2D eigenvalue weighted by molar-refractivity contribution is -0.118. The highest BCUT2D eigenvalue weighted by atomic mass is 16.2. The molecule has 1 N–H and O–H groups in total. The van der Waals surface area contributed by atoms with Gasteiger partial charge in [-0.25, -0.2) is 0 Å². The predicted molar refractivity (Wildman–Crippen MR) is 119 cm³/mol. The average Bonchev–Trinajstić information content (AvgIpc) is 2.74. The quantitative estimate of drug-likeness (QED) is 0.592. The molecule has 3 aromatic carbocycles. The van der Waals surface area contributed by atoms with Gasteiger partial charge in [0.05, 0.1) is 0 Å². The number of benzene rings is 3. The van der Waals surface area contributed by atoms with E-state index in [2.05, 4.69) is 12.2 Å². The molecule has 28 heavy (non-hydrogen) atoms. The Bertz CT molecular complexity index is 902. The van der Waals surface area contributed by atoms with Crippen LogP contribution in [0.15, 0.2) is 91.0 Å². The smallest absolute Gasteiger partial charge is 0.253 e. The zero-order valence-electron chi connectivity index (χ0n) is 16.4. The topological polar surface area (TPSA) is 32.3 Å². The van der Waals surface area contributed by atoms with E-state index in [9.17, 15) is 4.79 Å².